The second kappa shape index (κ2) is 8.73. The van der Waals surface area contributed by atoms with Crippen LogP contribution in [0.15, 0.2) is 28.7 Å². The smallest absolute Gasteiger partial charge is 0.247 e. The van der Waals surface area contributed by atoms with Crippen LogP contribution >= 0.6 is 0 Å². The fourth-order valence-corrected chi connectivity index (χ4v) is 3.40. The van der Waals surface area contributed by atoms with E-state index < -0.39 is 0 Å². The van der Waals surface area contributed by atoms with Crippen LogP contribution in [-0.4, -0.2) is 70.6 Å². The van der Waals surface area contributed by atoms with Crippen molar-refractivity contribution in [1.82, 2.24) is 25.3 Å². The van der Waals surface area contributed by atoms with Crippen molar-refractivity contribution in [1.29, 1.82) is 0 Å². The van der Waals surface area contributed by atoms with Crippen molar-refractivity contribution in [2.75, 3.05) is 32.7 Å². The van der Waals surface area contributed by atoms with Crippen LogP contribution < -0.4 is 5.32 Å². The van der Waals surface area contributed by atoms with Gasteiger partial charge in [-0.2, -0.15) is 0 Å². The van der Waals surface area contributed by atoms with E-state index in [-0.39, 0.29) is 11.8 Å². The number of nitrogens with zero attached hydrogens (tertiary/aromatic N) is 4. The van der Waals surface area contributed by atoms with Gasteiger partial charge in [-0.1, -0.05) is 17.7 Å². The molecule has 2 aromatic rings. The molecule has 4 rings (SSSR count). The molecule has 1 aromatic carbocycles. The lowest BCUT2D eigenvalue weighted by Gasteiger charge is -2.34. The molecule has 1 aromatic heterocycles. The Morgan fingerprint density at radius 3 is 2.52 bits per heavy atom. The molecule has 1 saturated carbocycles. The van der Waals surface area contributed by atoms with Gasteiger partial charge in [0.15, 0.2) is 0 Å². The van der Waals surface area contributed by atoms with E-state index in [1.165, 1.54) is 5.56 Å². The summed E-state index contributed by atoms with van der Waals surface area (Å²) in [6.45, 7) is 5.19. The van der Waals surface area contributed by atoms with E-state index in [0.29, 0.717) is 50.3 Å². The van der Waals surface area contributed by atoms with Crippen LogP contribution in [0.25, 0.3) is 11.5 Å². The van der Waals surface area contributed by atoms with Crippen LogP contribution in [0.1, 0.15) is 30.7 Å². The molecule has 0 radical (unpaired) electrons. The summed E-state index contributed by atoms with van der Waals surface area (Å²) in [4.78, 5) is 28.4. The molecule has 8 heteroatoms. The molecule has 0 spiro atoms. The molecular weight excluding hydrogens is 370 g/mol. The number of carbonyl (C=O) groups excluding carboxylic acids is 2. The van der Waals surface area contributed by atoms with E-state index in [1.54, 1.807) is 0 Å². The van der Waals surface area contributed by atoms with Crippen LogP contribution in [0.5, 0.6) is 0 Å². The first-order valence-corrected chi connectivity index (χ1v) is 10.3. The Kier molecular flexibility index (Phi) is 5.89. The third kappa shape index (κ3) is 5.41. The van der Waals surface area contributed by atoms with Gasteiger partial charge in [0, 0.05) is 50.6 Å². The van der Waals surface area contributed by atoms with Crippen molar-refractivity contribution in [2.24, 2.45) is 0 Å². The van der Waals surface area contributed by atoms with Gasteiger partial charge in [-0.25, -0.2) is 0 Å². The van der Waals surface area contributed by atoms with E-state index in [9.17, 15) is 9.59 Å². The Hall–Kier alpha value is -2.74. The van der Waals surface area contributed by atoms with E-state index in [2.05, 4.69) is 20.4 Å². The quantitative estimate of drug-likeness (QED) is 0.759. The third-order valence-electron chi connectivity index (χ3n) is 5.35. The zero-order valence-electron chi connectivity index (χ0n) is 16.8. The lowest BCUT2D eigenvalue weighted by atomic mass is 10.1. The monoisotopic (exact) mass is 397 g/mol. The average Bonchev–Trinajstić information content (AvgIpc) is 3.40. The third-order valence-corrected chi connectivity index (χ3v) is 5.35. The van der Waals surface area contributed by atoms with Gasteiger partial charge in [0.1, 0.15) is 0 Å². The first-order valence-electron chi connectivity index (χ1n) is 10.3. The topological polar surface area (TPSA) is 91.6 Å². The van der Waals surface area contributed by atoms with E-state index in [1.807, 2.05) is 36.1 Å². The number of carbonyl (C=O) groups is 2. The maximum absolute atomic E-state index is 12.5. The number of benzene rings is 1. The molecular formula is C21H27N5O3. The van der Waals surface area contributed by atoms with Gasteiger partial charge in [-0.15, -0.1) is 10.2 Å². The first kappa shape index (κ1) is 19.6. The number of piperazine rings is 1. The summed E-state index contributed by atoms with van der Waals surface area (Å²) in [5, 5.41) is 11.2. The molecule has 29 heavy (non-hydrogen) atoms. The number of hydrogen-bond acceptors (Lipinski definition) is 6. The second-order valence-electron chi connectivity index (χ2n) is 7.87. The lowest BCUT2D eigenvalue weighted by Crippen LogP contribution is -2.51. The minimum absolute atomic E-state index is 0.0853. The summed E-state index contributed by atoms with van der Waals surface area (Å²) >= 11 is 0. The zero-order valence-corrected chi connectivity index (χ0v) is 16.8. The van der Waals surface area contributed by atoms with Crippen molar-refractivity contribution < 1.29 is 14.0 Å². The molecule has 2 aliphatic rings. The SMILES string of the molecule is Cc1ccc(-c2nnc(CCC(=O)N3CCN(CC(=O)NC4CC4)CC3)o2)cc1. The molecule has 1 saturated heterocycles. The fourth-order valence-electron chi connectivity index (χ4n) is 3.40. The predicted octanol–water partition coefficient (Wildman–Crippen LogP) is 1.40. The maximum atomic E-state index is 12.5. The van der Waals surface area contributed by atoms with Gasteiger partial charge in [0.2, 0.25) is 23.6 Å². The average molecular weight is 397 g/mol. The predicted molar refractivity (Wildman–Crippen MR) is 107 cm³/mol. The van der Waals surface area contributed by atoms with E-state index >= 15 is 0 Å². The Morgan fingerprint density at radius 1 is 1.10 bits per heavy atom. The number of amides is 2. The van der Waals surface area contributed by atoms with Crippen molar-refractivity contribution >= 4 is 11.8 Å². The van der Waals surface area contributed by atoms with Crippen LogP contribution in [0.2, 0.25) is 0 Å². The van der Waals surface area contributed by atoms with Gasteiger partial charge in [-0.05, 0) is 31.9 Å². The molecule has 0 unspecified atom stereocenters. The Labute approximate surface area is 170 Å². The van der Waals surface area contributed by atoms with Crippen LogP contribution in [0.4, 0.5) is 0 Å². The lowest BCUT2D eigenvalue weighted by molar-refractivity contribution is -0.133. The fraction of sp³-hybridized carbons (Fsp3) is 0.524. The molecule has 1 aliphatic carbocycles. The second-order valence-corrected chi connectivity index (χ2v) is 7.87. The highest BCUT2D eigenvalue weighted by Crippen LogP contribution is 2.19. The van der Waals surface area contributed by atoms with Crippen LogP contribution in [0.3, 0.4) is 0 Å². The largest absolute Gasteiger partial charge is 0.421 e. The zero-order chi connectivity index (χ0) is 20.2. The number of aromatic nitrogens is 2. The number of hydrogen-bond donors (Lipinski definition) is 1. The van der Waals surface area contributed by atoms with Gasteiger partial charge in [0.05, 0.1) is 6.54 Å². The van der Waals surface area contributed by atoms with Crippen LogP contribution in [-0.2, 0) is 16.0 Å². The van der Waals surface area contributed by atoms with Crippen molar-refractivity contribution in [3.63, 3.8) is 0 Å². The minimum atomic E-state index is 0.0853. The van der Waals surface area contributed by atoms with Crippen molar-refractivity contribution in [3.05, 3.63) is 35.7 Å². The number of rotatable bonds is 7. The molecule has 0 atom stereocenters. The molecule has 154 valence electrons. The molecule has 0 bridgehead atoms. The normalized spacial score (nSPS) is 17.3. The standard InChI is InChI=1S/C21H27N5O3/c1-15-2-4-16(5-3-15)21-24-23-19(29-21)8-9-20(28)26-12-10-25(11-13-26)14-18(27)22-17-6-7-17/h2-5,17H,6-14H2,1H3,(H,22,27). The van der Waals surface area contributed by atoms with Crippen LogP contribution in [0, 0.1) is 6.92 Å². The van der Waals surface area contributed by atoms with Gasteiger partial charge in [0.25, 0.3) is 0 Å². The molecule has 2 fully saturated rings. The maximum Gasteiger partial charge on any atom is 0.247 e. The van der Waals surface area contributed by atoms with Crippen molar-refractivity contribution in [2.45, 2.75) is 38.6 Å². The highest BCUT2D eigenvalue weighted by molar-refractivity contribution is 5.79. The summed E-state index contributed by atoms with van der Waals surface area (Å²) < 4.78 is 5.70. The summed E-state index contributed by atoms with van der Waals surface area (Å²) in [6, 6.07) is 8.28. The van der Waals surface area contributed by atoms with Gasteiger partial charge >= 0.3 is 0 Å². The molecule has 2 amide bonds. The van der Waals surface area contributed by atoms with Gasteiger partial charge < -0.3 is 14.6 Å². The van der Waals surface area contributed by atoms with Gasteiger partial charge in [-0.3, -0.25) is 14.5 Å². The Morgan fingerprint density at radius 2 is 1.83 bits per heavy atom. The summed E-state index contributed by atoms with van der Waals surface area (Å²) in [5.41, 5.74) is 2.05. The number of nitrogens with one attached hydrogen (secondary N) is 1. The molecule has 2 heterocycles. The number of aryl methyl sites for hydroxylation is 2. The molecule has 1 aliphatic heterocycles. The first-order chi connectivity index (χ1) is 14.1. The highest BCUT2D eigenvalue weighted by Gasteiger charge is 2.26. The van der Waals surface area contributed by atoms with E-state index in [0.717, 1.165) is 31.5 Å². The molecule has 8 nitrogen and oxygen atoms in total. The molecule has 1 N–H and O–H groups in total. The summed E-state index contributed by atoms with van der Waals surface area (Å²) in [7, 11) is 0. The highest BCUT2D eigenvalue weighted by atomic mass is 16.4. The summed E-state index contributed by atoms with van der Waals surface area (Å²) in [5.74, 6) is 1.13. The summed E-state index contributed by atoms with van der Waals surface area (Å²) in [6.07, 6.45) is 2.97. The Balaban J connectivity index is 1.20. The van der Waals surface area contributed by atoms with E-state index in [4.69, 9.17) is 4.42 Å². The van der Waals surface area contributed by atoms with Crippen molar-refractivity contribution in [3.8, 4) is 11.5 Å². The minimum Gasteiger partial charge on any atom is -0.421 e. The Bertz CT molecular complexity index is 851.